The molecule has 1 atom stereocenters. The van der Waals surface area contributed by atoms with Crippen LogP contribution in [0.5, 0.6) is 0 Å². The highest BCUT2D eigenvalue weighted by atomic mass is 16.6. The van der Waals surface area contributed by atoms with Gasteiger partial charge in [0, 0.05) is 12.7 Å². The third-order valence-electron chi connectivity index (χ3n) is 5.39. The zero-order valence-corrected chi connectivity index (χ0v) is 16.1. The molecular weight excluding hydrogens is 368 g/mol. The maximum atomic E-state index is 12.4. The van der Waals surface area contributed by atoms with Gasteiger partial charge in [-0.15, -0.1) is 0 Å². The third kappa shape index (κ3) is 3.29. The third-order valence-corrected chi connectivity index (χ3v) is 5.39. The predicted octanol–water partition coefficient (Wildman–Crippen LogP) is 4.11. The lowest BCUT2D eigenvalue weighted by Gasteiger charge is -2.28. The Labute approximate surface area is 167 Å². The number of carbonyl (C=O) groups is 1. The van der Waals surface area contributed by atoms with Crippen LogP contribution in [-0.4, -0.2) is 38.7 Å². The average molecular weight is 388 g/mol. The van der Waals surface area contributed by atoms with E-state index in [0.29, 0.717) is 17.9 Å². The van der Waals surface area contributed by atoms with Crippen LogP contribution in [0.4, 0.5) is 16.2 Å². The second-order valence-electron chi connectivity index (χ2n) is 7.56. The van der Waals surface area contributed by atoms with E-state index in [1.165, 1.54) is 6.20 Å². The number of H-pyrrole nitrogens is 1. The molecule has 1 aliphatic carbocycles. The minimum atomic E-state index is -0.269. The minimum absolute atomic E-state index is 0.0697. The number of nitrogens with zero attached hydrogens (tertiary/aromatic N) is 5. The molecule has 29 heavy (non-hydrogen) atoms. The molecule has 0 radical (unpaired) electrons. The summed E-state index contributed by atoms with van der Waals surface area (Å²) >= 11 is 0. The number of hydrogen-bond donors (Lipinski definition) is 1. The fourth-order valence-electron chi connectivity index (χ4n) is 3.60. The molecule has 1 aliphatic heterocycles. The molecular formula is C21H20N6O2. The van der Waals surface area contributed by atoms with Crippen LogP contribution >= 0.6 is 0 Å². The molecule has 0 saturated heterocycles. The van der Waals surface area contributed by atoms with E-state index in [4.69, 9.17) is 16.3 Å². The molecule has 0 bridgehead atoms. The fourth-order valence-corrected chi connectivity index (χ4v) is 3.60. The summed E-state index contributed by atoms with van der Waals surface area (Å²) in [6.07, 6.45) is 4.97. The van der Waals surface area contributed by atoms with Crippen molar-refractivity contribution in [3.8, 4) is 0 Å². The summed E-state index contributed by atoms with van der Waals surface area (Å²) in [6.45, 7) is 9.82. The van der Waals surface area contributed by atoms with E-state index in [9.17, 15) is 4.79 Å². The number of aromatic nitrogens is 4. The van der Waals surface area contributed by atoms with Gasteiger partial charge in [-0.05, 0) is 50.8 Å². The number of ether oxygens (including phenoxy) is 1. The van der Waals surface area contributed by atoms with E-state index in [2.05, 4.69) is 19.8 Å². The highest BCUT2D eigenvalue weighted by molar-refractivity contribution is 5.89. The Morgan fingerprint density at radius 2 is 2.24 bits per heavy atom. The van der Waals surface area contributed by atoms with Crippen LogP contribution < -0.4 is 4.90 Å². The van der Waals surface area contributed by atoms with Gasteiger partial charge in [0.2, 0.25) is 5.69 Å². The molecule has 1 N–H and O–H groups in total. The molecule has 1 fully saturated rings. The summed E-state index contributed by atoms with van der Waals surface area (Å²) in [6, 6.07) is 5.65. The summed E-state index contributed by atoms with van der Waals surface area (Å²) in [5.41, 5.74) is 4.44. The van der Waals surface area contributed by atoms with Crippen LogP contribution in [0.3, 0.4) is 0 Å². The van der Waals surface area contributed by atoms with Crippen molar-refractivity contribution in [3.05, 3.63) is 53.0 Å². The van der Waals surface area contributed by atoms with Gasteiger partial charge in [0.05, 0.1) is 35.1 Å². The topological polar surface area (TPSA) is 88.4 Å². The molecule has 8 nitrogen and oxygen atoms in total. The maximum absolute atomic E-state index is 12.4. The maximum Gasteiger partial charge on any atom is 0.414 e. The van der Waals surface area contributed by atoms with Gasteiger partial charge in [0.1, 0.15) is 11.9 Å². The monoisotopic (exact) mass is 388 g/mol. The number of hydrogen-bond acceptors (Lipinski definition) is 5. The molecule has 1 saturated carbocycles. The molecule has 1 amide bonds. The van der Waals surface area contributed by atoms with E-state index in [1.54, 1.807) is 11.0 Å². The van der Waals surface area contributed by atoms with Crippen LogP contribution in [0.25, 0.3) is 16.0 Å². The Hall–Kier alpha value is -3.47. The van der Waals surface area contributed by atoms with Gasteiger partial charge in [-0.2, -0.15) is 0 Å². The number of fused-ring (bicyclic) bond motifs is 2. The Bertz CT molecular complexity index is 1140. The van der Waals surface area contributed by atoms with Crippen molar-refractivity contribution in [3.63, 3.8) is 0 Å². The van der Waals surface area contributed by atoms with Gasteiger partial charge in [-0.3, -0.25) is 9.88 Å². The van der Waals surface area contributed by atoms with Gasteiger partial charge in [0.15, 0.2) is 5.65 Å². The van der Waals surface area contributed by atoms with E-state index >= 15 is 0 Å². The predicted molar refractivity (Wildman–Crippen MR) is 107 cm³/mol. The standard InChI is InChI=1S/C21H20N6O2/c1-12(19-25-17-10-13(22-2)11-23-20(17)26-19)15-7-8-18-16(24-15)4-3-9-27(18)21(28)29-14-5-6-14/h7-8,10-12,14H,3-6,9H2,1H3,(H,23,25,26). The molecule has 1 unspecified atom stereocenters. The number of nitrogens with one attached hydrogen (secondary N) is 1. The van der Waals surface area contributed by atoms with E-state index in [1.807, 2.05) is 19.1 Å². The first kappa shape index (κ1) is 17.6. The second kappa shape index (κ2) is 6.85. The number of imidazole rings is 1. The van der Waals surface area contributed by atoms with E-state index < -0.39 is 0 Å². The zero-order valence-electron chi connectivity index (χ0n) is 16.1. The van der Waals surface area contributed by atoms with Gasteiger partial charge >= 0.3 is 6.09 Å². The fraction of sp³-hybridized carbons (Fsp3) is 0.381. The normalized spacial score (nSPS) is 16.9. The van der Waals surface area contributed by atoms with Crippen LogP contribution in [0, 0.1) is 6.57 Å². The van der Waals surface area contributed by atoms with Crippen LogP contribution in [-0.2, 0) is 11.2 Å². The molecule has 3 aromatic rings. The molecule has 8 heteroatoms. The van der Waals surface area contributed by atoms with Crippen molar-refractivity contribution in [2.24, 2.45) is 0 Å². The molecule has 4 heterocycles. The molecule has 5 rings (SSSR count). The largest absolute Gasteiger partial charge is 0.446 e. The molecule has 0 spiro atoms. The van der Waals surface area contributed by atoms with Crippen molar-refractivity contribution in [2.45, 2.75) is 44.6 Å². The van der Waals surface area contributed by atoms with Gasteiger partial charge in [0.25, 0.3) is 0 Å². The summed E-state index contributed by atoms with van der Waals surface area (Å²) < 4.78 is 5.47. The number of anilines is 1. The average Bonchev–Trinajstić information content (AvgIpc) is 3.46. The Morgan fingerprint density at radius 3 is 3.03 bits per heavy atom. The van der Waals surface area contributed by atoms with Crippen LogP contribution in [0.15, 0.2) is 24.4 Å². The summed E-state index contributed by atoms with van der Waals surface area (Å²) in [5, 5.41) is 0. The van der Waals surface area contributed by atoms with E-state index in [0.717, 1.165) is 54.1 Å². The Morgan fingerprint density at radius 1 is 1.38 bits per heavy atom. The number of amides is 1. The van der Waals surface area contributed by atoms with Gasteiger partial charge < -0.3 is 9.72 Å². The molecule has 146 valence electrons. The highest BCUT2D eigenvalue weighted by Crippen LogP contribution is 2.32. The SMILES string of the molecule is [C-]#[N+]c1cnc2nc(C(C)c3ccc4c(n3)CCCN4C(=O)OC3CC3)[nH]c2c1. The second-order valence-corrected chi connectivity index (χ2v) is 7.56. The summed E-state index contributed by atoms with van der Waals surface area (Å²) in [5.74, 6) is 0.683. The van der Waals surface area contributed by atoms with Crippen molar-refractivity contribution >= 4 is 28.6 Å². The minimum Gasteiger partial charge on any atom is -0.446 e. The van der Waals surface area contributed by atoms with Crippen LogP contribution in [0.2, 0.25) is 0 Å². The first-order valence-electron chi connectivity index (χ1n) is 9.83. The first-order valence-corrected chi connectivity index (χ1v) is 9.83. The first-order chi connectivity index (χ1) is 14.1. The lowest BCUT2D eigenvalue weighted by Crippen LogP contribution is -2.36. The van der Waals surface area contributed by atoms with Crippen LogP contribution in [0.1, 0.15) is 49.3 Å². The van der Waals surface area contributed by atoms with Crippen molar-refractivity contribution in [1.29, 1.82) is 0 Å². The summed E-state index contributed by atoms with van der Waals surface area (Å²) in [7, 11) is 0. The number of rotatable bonds is 3. The number of aromatic amines is 1. The van der Waals surface area contributed by atoms with Gasteiger partial charge in [-0.1, -0.05) is 0 Å². The molecule has 3 aromatic heterocycles. The smallest absolute Gasteiger partial charge is 0.414 e. The molecule has 2 aliphatic rings. The zero-order chi connectivity index (χ0) is 20.0. The Balaban J connectivity index is 1.43. The van der Waals surface area contributed by atoms with Crippen molar-refractivity contribution in [1.82, 2.24) is 19.9 Å². The number of pyridine rings is 2. The number of aryl methyl sites for hydroxylation is 1. The summed E-state index contributed by atoms with van der Waals surface area (Å²) in [4.78, 5) is 34.5. The lowest BCUT2D eigenvalue weighted by molar-refractivity contribution is 0.146. The van der Waals surface area contributed by atoms with E-state index in [-0.39, 0.29) is 18.1 Å². The lowest BCUT2D eigenvalue weighted by atomic mass is 10.0. The number of carbonyl (C=O) groups excluding carboxylic acids is 1. The Kier molecular flexibility index (Phi) is 4.16. The highest BCUT2D eigenvalue weighted by Gasteiger charge is 2.31. The quantitative estimate of drug-likeness (QED) is 0.682. The van der Waals surface area contributed by atoms with Gasteiger partial charge in [-0.25, -0.2) is 19.6 Å². The van der Waals surface area contributed by atoms with Crippen molar-refractivity contribution in [2.75, 3.05) is 11.4 Å². The van der Waals surface area contributed by atoms with Crippen molar-refractivity contribution < 1.29 is 9.53 Å². The molecule has 0 aromatic carbocycles.